The van der Waals surface area contributed by atoms with Gasteiger partial charge in [-0.1, -0.05) is 32.0 Å². The lowest BCUT2D eigenvalue weighted by Gasteiger charge is -2.17. The lowest BCUT2D eigenvalue weighted by Crippen LogP contribution is -2.22. The molecule has 2 rings (SSSR count). The second-order valence-corrected chi connectivity index (χ2v) is 4.80. The number of pyridine rings is 1. The van der Waals surface area contributed by atoms with E-state index in [1.54, 1.807) is 0 Å². The molecule has 0 bridgehead atoms. The van der Waals surface area contributed by atoms with Gasteiger partial charge in [0.1, 0.15) is 0 Å². The van der Waals surface area contributed by atoms with E-state index in [2.05, 4.69) is 56.4 Å². The molecule has 1 N–H and O–H groups in total. The molecule has 1 unspecified atom stereocenters. The minimum atomic E-state index is 0.369. The van der Waals surface area contributed by atoms with Crippen LogP contribution in [0.5, 0.6) is 0 Å². The van der Waals surface area contributed by atoms with Crippen LogP contribution < -0.4 is 5.32 Å². The van der Waals surface area contributed by atoms with Crippen LogP contribution in [-0.2, 0) is 0 Å². The van der Waals surface area contributed by atoms with Crippen molar-refractivity contribution in [2.75, 3.05) is 6.54 Å². The van der Waals surface area contributed by atoms with E-state index in [1.807, 2.05) is 0 Å². The van der Waals surface area contributed by atoms with Crippen LogP contribution >= 0.6 is 0 Å². The number of benzene rings is 1. The first-order valence-corrected chi connectivity index (χ1v) is 6.86. The Morgan fingerprint density at radius 2 is 2.00 bits per heavy atom. The Morgan fingerprint density at radius 1 is 1.22 bits per heavy atom. The van der Waals surface area contributed by atoms with Crippen LogP contribution in [0.2, 0.25) is 0 Å². The van der Waals surface area contributed by atoms with Crippen LogP contribution in [0.4, 0.5) is 0 Å². The zero-order valence-electron chi connectivity index (χ0n) is 11.5. The Kier molecular flexibility index (Phi) is 4.32. The van der Waals surface area contributed by atoms with Gasteiger partial charge in [-0.15, -0.1) is 0 Å². The molecule has 0 fully saturated rings. The van der Waals surface area contributed by atoms with Crippen LogP contribution in [0.1, 0.15) is 44.0 Å². The number of rotatable bonds is 5. The number of hydrogen-bond acceptors (Lipinski definition) is 2. The first-order valence-electron chi connectivity index (χ1n) is 6.86. The molecule has 1 heterocycles. The molecular formula is C16H22N2. The lowest BCUT2D eigenvalue weighted by molar-refractivity contribution is 0.508. The Hall–Kier alpha value is -1.41. The third-order valence-electron chi connectivity index (χ3n) is 3.35. The summed E-state index contributed by atoms with van der Waals surface area (Å²) in [5.74, 6) is 0. The van der Waals surface area contributed by atoms with Crippen molar-refractivity contribution < 1.29 is 0 Å². The van der Waals surface area contributed by atoms with E-state index in [0.717, 1.165) is 24.9 Å². The average Bonchev–Trinajstić information content (AvgIpc) is 2.40. The molecule has 2 nitrogen and oxygen atoms in total. The number of aromatic nitrogens is 1. The lowest BCUT2D eigenvalue weighted by atomic mass is 10.0. The first kappa shape index (κ1) is 13.0. The molecule has 1 atom stereocenters. The molecule has 0 saturated carbocycles. The van der Waals surface area contributed by atoms with Gasteiger partial charge in [0.15, 0.2) is 0 Å². The van der Waals surface area contributed by atoms with Crippen molar-refractivity contribution in [3.63, 3.8) is 0 Å². The van der Waals surface area contributed by atoms with Gasteiger partial charge in [0.25, 0.3) is 0 Å². The molecule has 0 aliphatic heterocycles. The highest BCUT2D eigenvalue weighted by Gasteiger charge is 2.11. The molecule has 0 aliphatic rings. The number of fused-ring (bicyclic) bond motifs is 1. The van der Waals surface area contributed by atoms with Crippen LogP contribution in [0.15, 0.2) is 30.3 Å². The number of aryl methyl sites for hydroxylation is 1. The topological polar surface area (TPSA) is 24.9 Å². The van der Waals surface area contributed by atoms with E-state index in [1.165, 1.54) is 16.6 Å². The summed E-state index contributed by atoms with van der Waals surface area (Å²) in [5, 5.41) is 4.82. The van der Waals surface area contributed by atoms with Crippen molar-refractivity contribution in [3.05, 3.63) is 41.6 Å². The maximum atomic E-state index is 4.80. The quantitative estimate of drug-likeness (QED) is 0.857. The monoisotopic (exact) mass is 242 g/mol. The SMILES string of the molecule is CCCNC(CC)c1cc(C)c2ccccc2n1. The minimum Gasteiger partial charge on any atom is -0.309 e. The predicted octanol–water partition coefficient (Wildman–Crippen LogP) is 3.99. The van der Waals surface area contributed by atoms with Gasteiger partial charge in [-0.2, -0.15) is 0 Å². The molecule has 1 aromatic heterocycles. The molecule has 0 radical (unpaired) electrons. The van der Waals surface area contributed by atoms with Crippen molar-refractivity contribution >= 4 is 10.9 Å². The van der Waals surface area contributed by atoms with Crippen molar-refractivity contribution in [1.29, 1.82) is 0 Å². The van der Waals surface area contributed by atoms with E-state index < -0.39 is 0 Å². The van der Waals surface area contributed by atoms with Gasteiger partial charge >= 0.3 is 0 Å². The minimum absolute atomic E-state index is 0.369. The first-order chi connectivity index (χ1) is 8.76. The standard InChI is InChI=1S/C16H22N2/c1-4-10-17-14(5-2)16-11-12(3)13-8-6-7-9-15(13)18-16/h6-9,11,14,17H,4-5,10H2,1-3H3. The largest absolute Gasteiger partial charge is 0.309 e. The molecule has 0 saturated heterocycles. The molecule has 2 aromatic rings. The van der Waals surface area contributed by atoms with Crippen LogP contribution in [0.25, 0.3) is 10.9 Å². The summed E-state index contributed by atoms with van der Waals surface area (Å²) < 4.78 is 0. The molecular weight excluding hydrogens is 220 g/mol. The van der Waals surface area contributed by atoms with Gasteiger partial charge in [-0.3, -0.25) is 4.98 Å². The van der Waals surface area contributed by atoms with Gasteiger partial charge in [0, 0.05) is 11.4 Å². The highest BCUT2D eigenvalue weighted by atomic mass is 14.9. The molecule has 0 amide bonds. The van der Waals surface area contributed by atoms with E-state index in [0.29, 0.717) is 6.04 Å². The Labute approximate surface area is 109 Å². The fourth-order valence-corrected chi connectivity index (χ4v) is 2.33. The van der Waals surface area contributed by atoms with Crippen molar-refractivity contribution in [2.45, 2.75) is 39.7 Å². The summed E-state index contributed by atoms with van der Waals surface area (Å²) in [6.07, 6.45) is 2.23. The third kappa shape index (κ3) is 2.70. The van der Waals surface area contributed by atoms with Gasteiger partial charge in [0.05, 0.1) is 11.2 Å². The van der Waals surface area contributed by atoms with Gasteiger partial charge < -0.3 is 5.32 Å². The number of nitrogens with one attached hydrogen (secondary N) is 1. The smallest absolute Gasteiger partial charge is 0.0708 e. The van der Waals surface area contributed by atoms with Gasteiger partial charge in [-0.25, -0.2) is 0 Å². The summed E-state index contributed by atoms with van der Waals surface area (Å²) in [6, 6.07) is 11.0. The van der Waals surface area contributed by atoms with E-state index in [9.17, 15) is 0 Å². The molecule has 2 heteroatoms. The highest BCUT2D eigenvalue weighted by molar-refractivity contribution is 5.82. The summed E-state index contributed by atoms with van der Waals surface area (Å²) in [6.45, 7) is 7.62. The Morgan fingerprint density at radius 3 is 2.72 bits per heavy atom. The van der Waals surface area contributed by atoms with Crippen LogP contribution in [0.3, 0.4) is 0 Å². The number of hydrogen-bond donors (Lipinski definition) is 1. The van der Waals surface area contributed by atoms with Crippen molar-refractivity contribution in [2.24, 2.45) is 0 Å². The predicted molar refractivity (Wildman–Crippen MR) is 77.8 cm³/mol. The molecule has 1 aromatic carbocycles. The molecule has 96 valence electrons. The molecule has 0 aliphatic carbocycles. The van der Waals surface area contributed by atoms with Gasteiger partial charge in [-0.05, 0) is 44.0 Å². The fraction of sp³-hybridized carbons (Fsp3) is 0.438. The highest BCUT2D eigenvalue weighted by Crippen LogP contribution is 2.22. The Balaban J connectivity index is 2.38. The maximum Gasteiger partial charge on any atom is 0.0708 e. The number of nitrogens with zero attached hydrogens (tertiary/aromatic N) is 1. The van der Waals surface area contributed by atoms with E-state index in [-0.39, 0.29) is 0 Å². The zero-order valence-corrected chi connectivity index (χ0v) is 11.5. The number of para-hydroxylation sites is 1. The van der Waals surface area contributed by atoms with Crippen molar-refractivity contribution in [1.82, 2.24) is 10.3 Å². The third-order valence-corrected chi connectivity index (χ3v) is 3.35. The maximum absolute atomic E-state index is 4.80. The van der Waals surface area contributed by atoms with Crippen LogP contribution in [-0.4, -0.2) is 11.5 Å². The normalized spacial score (nSPS) is 12.8. The van der Waals surface area contributed by atoms with E-state index >= 15 is 0 Å². The zero-order chi connectivity index (χ0) is 13.0. The molecule has 18 heavy (non-hydrogen) atoms. The summed E-state index contributed by atoms with van der Waals surface area (Å²) in [4.78, 5) is 4.80. The van der Waals surface area contributed by atoms with Crippen LogP contribution in [0, 0.1) is 6.92 Å². The summed E-state index contributed by atoms with van der Waals surface area (Å²) in [5.41, 5.74) is 3.58. The molecule has 0 spiro atoms. The van der Waals surface area contributed by atoms with Crippen molar-refractivity contribution in [3.8, 4) is 0 Å². The summed E-state index contributed by atoms with van der Waals surface area (Å²) >= 11 is 0. The average molecular weight is 242 g/mol. The fourth-order valence-electron chi connectivity index (χ4n) is 2.33. The van der Waals surface area contributed by atoms with Gasteiger partial charge in [0.2, 0.25) is 0 Å². The second-order valence-electron chi connectivity index (χ2n) is 4.80. The second kappa shape index (κ2) is 5.96. The Bertz CT molecular complexity index is 519. The van der Waals surface area contributed by atoms with E-state index in [4.69, 9.17) is 4.98 Å². The summed E-state index contributed by atoms with van der Waals surface area (Å²) in [7, 11) is 0.